The predicted molar refractivity (Wildman–Crippen MR) is 114 cm³/mol. The van der Waals surface area contributed by atoms with E-state index in [1.165, 1.54) is 11.1 Å². The Kier molecular flexibility index (Phi) is 6.11. The molecule has 1 aromatic heterocycles. The first-order valence-electron chi connectivity index (χ1n) is 9.74. The fourth-order valence-electron chi connectivity index (χ4n) is 3.45. The fourth-order valence-corrected chi connectivity index (χ4v) is 3.45. The van der Waals surface area contributed by atoms with Crippen LogP contribution in [0.1, 0.15) is 22.8 Å². The van der Waals surface area contributed by atoms with E-state index in [4.69, 9.17) is 19.0 Å². The molecule has 0 fully saturated rings. The monoisotopic (exact) mass is 402 g/mol. The minimum atomic E-state index is -1.03. The van der Waals surface area contributed by atoms with E-state index in [9.17, 15) is 4.79 Å². The summed E-state index contributed by atoms with van der Waals surface area (Å²) in [5.74, 6) is 0.157. The average Bonchev–Trinajstić information content (AvgIpc) is 3.20. The number of para-hydroxylation sites is 1. The Balaban J connectivity index is 1.47. The van der Waals surface area contributed by atoms with Crippen LogP contribution in [0.25, 0.3) is 11.0 Å². The molecule has 152 valence electrons. The number of carbonyl (C=O) groups is 1. The average molecular weight is 402 g/mol. The van der Waals surface area contributed by atoms with Gasteiger partial charge < -0.3 is 19.0 Å². The standard InChI is InChI=1S/C25H22O5/c26-24(27)17-29-23-13-7-12-20-14-21(30-25(20)23)15-28-16-22(18-8-3-1-4-9-18)19-10-5-2-6-11-19/h1-14,22H,15-17H2,(H,26,27). The molecule has 0 unspecified atom stereocenters. The first kappa shape index (κ1) is 19.7. The minimum absolute atomic E-state index is 0.117. The van der Waals surface area contributed by atoms with Gasteiger partial charge in [-0.05, 0) is 23.3 Å². The lowest BCUT2D eigenvalue weighted by Gasteiger charge is -2.18. The van der Waals surface area contributed by atoms with Crippen molar-refractivity contribution >= 4 is 16.9 Å². The lowest BCUT2D eigenvalue weighted by Crippen LogP contribution is -2.09. The molecule has 0 saturated heterocycles. The van der Waals surface area contributed by atoms with Crippen molar-refractivity contribution in [1.29, 1.82) is 0 Å². The van der Waals surface area contributed by atoms with Gasteiger partial charge in [0, 0.05) is 11.3 Å². The summed E-state index contributed by atoms with van der Waals surface area (Å²) >= 11 is 0. The number of furan rings is 1. The van der Waals surface area contributed by atoms with E-state index in [0.29, 0.717) is 30.3 Å². The Morgan fingerprint density at radius 3 is 2.20 bits per heavy atom. The van der Waals surface area contributed by atoms with Gasteiger partial charge in [-0.2, -0.15) is 0 Å². The van der Waals surface area contributed by atoms with Crippen LogP contribution in [-0.4, -0.2) is 24.3 Å². The molecule has 3 aromatic carbocycles. The highest BCUT2D eigenvalue weighted by Crippen LogP contribution is 2.30. The van der Waals surface area contributed by atoms with E-state index in [1.54, 1.807) is 12.1 Å². The first-order valence-corrected chi connectivity index (χ1v) is 9.74. The minimum Gasteiger partial charge on any atom is -0.479 e. The number of benzene rings is 3. The topological polar surface area (TPSA) is 68.9 Å². The van der Waals surface area contributed by atoms with Crippen molar-refractivity contribution in [1.82, 2.24) is 0 Å². The highest BCUT2D eigenvalue weighted by atomic mass is 16.5. The molecular formula is C25H22O5. The fraction of sp³-hybridized carbons (Fsp3) is 0.160. The van der Waals surface area contributed by atoms with Gasteiger partial charge >= 0.3 is 5.97 Å². The number of fused-ring (bicyclic) bond motifs is 1. The van der Waals surface area contributed by atoms with Gasteiger partial charge in [-0.1, -0.05) is 72.8 Å². The highest BCUT2D eigenvalue weighted by molar-refractivity contribution is 5.84. The van der Waals surface area contributed by atoms with Crippen molar-refractivity contribution in [3.05, 3.63) is 102 Å². The molecule has 0 saturated carbocycles. The molecule has 0 atom stereocenters. The highest BCUT2D eigenvalue weighted by Gasteiger charge is 2.15. The van der Waals surface area contributed by atoms with Gasteiger partial charge in [0.05, 0.1) is 6.61 Å². The molecule has 4 rings (SSSR count). The van der Waals surface area contributed by atoms with Crippen LogP contribution in [0.4, 0.5) is 0 Å². The van der Waals surface area contributed by atoms with Gasteiger partial charge in [-0.15, -0.1) is 0 Å². The van der Waals surface area contributed by atoms with Gasteiger partial charge in [-0.25, -0.2) is 4.79 Å². The molecular weight excluding hydrogens is 380 g/mol. The van der Waals surface area contributed by atoms with Gasteiger partial charge in [0.2, 0.25) is 0 Å². The number of aliphatic carboxylic acids is 1. The zero-order chi connectivity index (χ0) is 20.8. The quantitative estimate of drug-likeness (QED) is 0.414. The number of rotatable bonds is 9. The summed E-state index contributed by atoms with van der Waals surface area (Å²) in [6, 6.07) is 27.8. The molecule has 30 heavy (non-hydrogen) atoms. The third-order valence-electron chi connectivity index (χ3n) is 4.84. The molecule has 0 aliphatic carbocycles. The van der Waals surface area contributed by atoms with Gasteiger partial charge in [0.15, 0.2) is 17.9 Å². The zero-order valence-corrected chi connectivity index (χ0v) is 16.4. The Labute approximate surface area is 174 Å². The Bertz CT molecular complexity index is 1060. The van der Waals surface area contributed by atoms with Gasteiger partial charge in [0.1, 0.15) is 12.4 Å². The van der Waals surface area contributed by atoms with Crippen LogP contribution in [0.5, 0.6) is 5.75 Å². The summed E-state index contributed by atoms with van der Waals surface area (Å²) < 4.78 is 17.2. The Morgan fingerprint density at radius 2 is 1.57 bits per heavy atom. The third-order valence-corrected chi connectivity index (χ3v) is 4.84. The first-order chi connectivity index (χ1) is 14.7. The Hall–Kier alpha value is -3.57. The maximum Gasteiger partial charge on any atom is 0.341 e. The number of hydrogen-bond donors (Lipinski definition) is 1. The van der Waals surface area contributed by atoms with Crippen LogP contribution in [0, 0.1) is 0 Å². The summed E-state index contributed by atoms with van der Waals surface area (Å²) in [5, 5.41) is 9.68. The van der Waals surface area contributed by atoms with E-state index in [0.717, 1.165) is 5.39 Å². The molecule has 1 N–H and O–H groups in total. The molecule has 5 heteroatoms. The third kappa shape index (κ3) is 4.70. The van der Waals surface area contributed by atoms with Crippen molar-refractivity contribution in [2.45, 2.75) is 12.5 Å². The molecule has 0 radical (unpaired) electrons. The largest absolute Gasteiger partial charge is 0.479 e. The Morgan fingerprint density at radius 1 is 0.900 bits per heavy atom. The summed E-state index contributed by atoms with van der Waals surface area (Å²) in [7, 11) is 0. The molecule has 0 bridgehead atoms. The number of hydrogen-bond acceptors (Lipinski definition) is 4. The van der Waals surface area contributed by atoms with Crippen LogP contribution in [0.2, 0.25) is 0 Å². The smallest absolute Gasteiger partial charge is 0.341 e. The molecule has 0 aliphatic rings. The second-order valence-corrected chi connectivity index (χ2v) is 6.96. The van der Waals surface area contributed by atoms with E-state index in [1.807, 2.05) is 48.5 Å². The lowest BCUT2D eigenvalue weighted by atomic mass is 9.92. The number of ether oxygens (including phenoxy) is 2. The SMILES string of the molecule is O=C(O)COc1cccc2cc(COCC(c3ccccc3)c3ccccc3)oc12. The van der Waals surface area contributed by atoms with E-state index in [-0.39, 0.29) is 5.92 Å². The molecule has 5 nitrogen and oxygen atoms in total. The maximum absolute atomic E-state index is 10.8. The maximum atomic E-state index is 10.8. The van der Waals surface area contributed by atoms with Crippen molar-refractivity contribution in [3.63, 3.8) is 0 Å². The summed E-state index contributed by atoms with van der Waals surface area (Å²) in [5.41, 5.74) is 2.91. The summed E-state index contributed by atoms with van der Waals surface area (Å²) in [6.45, 7) is 0.401. The van der Waals surface area contributed by atoms with E-state index >= 15 is 0 Å². The van der Waals surface area contributed by atoms with E-state index < -0.39 is 12.6 Å². The molecule has 0 aliphatic heterocycles. The van der Waals surface area contributed by atoms with Crippen LogP contribution in [0.3, 0.4) is 0 Å². The second-order valence-electron chi connectivity index (χ2n) is 6.96. The normalized spacial score (nSPS) is 11.1. The van der Waals surface area contributed by atoms with Gasteiger partial charge in [0.25, 0.3) is 0 Å². The number of carboxylic acid groups (broad SMARTS) is 1. The predicted octanol–water partition coefficient (Wildman–Crippen LogP) is 5.24. The van der Waals surface area contributed by atoms with E-state index in [2.05, 4.69) is 24.3 Å². The van der Waals surface area contributed by atoms with Crippen molar-refractivity contribution in [3.8, 4) is 5.75 Å². The molecule has 0 amide bonds. The molecule has 0 spiro atoms. The number of carboxylic acids is 1. The summed E-state index contributed by atoms with van der Waals surface area (Å²) in [6.07, 6.45) is 0. The van der Waals surface area contributed by atoms with Crippen molar-refractivity contribution < 1.29 is 23.8 Å². The van der Waals surface area contributed by atoms with Crippen LogP contribution in [-0.2, 0) is 16.1 Å². The van der Waals surface area contributed by atoms with Crippen LogP contribution < -0.4 is 4.74 Å². The van der Waals surface area contributed by atoms with Crippen LogP contribution >= 0.6 is 0 Å². The lowest BCUT2D eigenvalue weighted by molar-refractivity contribution is -0.139. The molecule has 1 heterocycles. The van der Waals surface area contributed by atoms with Gasteiger partial charge in [-0.3, -0.25) is 0 Å². The summed E-state index contributed by atoms with van der Waals surface area (Å²) in [4.78, 5) is 10.8. The van der Waals surface area contributed by atoms with Crippen molar-refractivity contribution in [2.24, 2.45) is 0 Å². The molecule has 4 aromatic rings. The van der Waals surface area contributed by atoms with Crippen LogP contribution in [0.15, 0.2) is 89.3 Å². The zero-order valence-electron chi connectivity index (χ0n) is 16.4. The van der Waals surface area contributed by atoms with Crippen molar-refractivity contribution in [2.75, 3.05) is 13.2 Å². The second kappa shape index (κ2) is 9.29.